The Bertz CT molecular complexity index is 693. The van der Waals surface area contributed by atoms with Gasteiger partial charge in [0.15, 0.2) is 0 Å². The van der Waals surface area contributed by atoms with Gasteiger partial charge in [0.25, 0.3) is 0 Å². The number of hydrogen-bond donors (Lipinski definition) is 1. The van der Waals surface area contributed by atoms with Crippen LogP contribution >= 0.6 is 0 Å². The van der Waals surface area contributed by atoms with Crippen LogP contribution in [-0.2, 0) is 19.6 Å². The number of nitrogens with two attached hydrogens (primary N) is 1. The fraction of sp³-hybridized carbons (Fsp3) is 0.267. The number of nitrogens with zero attached hydrogens (tertiary/aromatic N) is 3. The lowest BCUT2D eigenvalue weighted by Gasteiger charge is -2.04. The zero-order valence-corrected chi connectivity index (χ0v) is 11.1. The maximum absolute atomic E-state index is 5.67. The summed E-state index contributed by atoms with van der Waals surface area (Å²) < 4.78 is 4.19. The molecular formula is C15H18N4. The highest BCUT2D eigenvalue weighted by atomic mass is 15.3. The minimum absolute atomic E-state index is 0.588. The monoisotopic (exact) mass is 254 g/mol. The average Bonchev–Trinajstić information content (AvgIpc) is 3.06. The third-order valence-electron chi connectivity index (χ3n) is 3.43. The van der Waals surface area contributed by atoms with Crippen molar-refractivity contribution in [1.82, 2.24) is 14.3 Å². The van der Waals surface area contributed by atoms with Crippen LogP contribution in [0.25, 0.3) is 10.9 Å². The lowest BCUT2D eigenvalue weighted by molar-refractivity contribution is 0.658. The molecule has 0 saturated carbocycles. The van der Waals surface area contributed by atoms with Crippen molar-refractivity contribution in [3.05, 3.63) is 54.0 Å². The summed E-state index contributed by atoms with van der Waals surface area (Å²) in [6.45, 7) is 4.44. The molecule has 3 aromatic rings. The first-order chi connectivity index (χ1) is 9.30. The molecule has 0 amide bonds. The molecule has 1 aromatic carbocycles. The van der Waals surface area contributed by atoms with Crippen LogP contribution in [0, 0.1) is 0 Å². The number of aryl methyl sites for hydroxylation is 1. The predicted octanol–water partition coefficient (Wildman–Crippen LogP) is 2.36. The number of aromatic nitrogens is 3. The molecule has 0 bridgehead atoms. The van der Waals surface area contributed by atoms with E-state index >= 15 is 0 Å². The third-order valence-corrected chi connectivity index (χ3v) is 3.43. The van der Waals surface area contributed by atoms with Crippen LogP contribution in [0.1, 0.15) is 18.1 Å². The normalized spacial score (nSPS) is 11.3. The summed E-state index contributed by atoms with van der Waals surface area (Å²) in [7, 11) is 0. The second-order valence-electron chi connectivity index (χ2n) is 4.75. The van der Waals surface area contributed by atoms with Gasteiger partial charge in [-0.05, 0) is 36.1 Å². The number of rotatable bonds is 4. The number of fused-ring (bicyclic) bond motifs is 1. The number of benzene rings is 1. The minimum atomic E-state index is 0.588. The highest BCUT2D eigenvalue weighted by molar-refractivity contribution is 5.81. The summed E-state index contributed by atoms with van der Waals surface area (Å²) in [5.74, 6) is 0. The quantitative estimate of drug-likeness (QED) is 0.777. The summed E-state index contributed by atoms with van der Waals surface area (Å²) >= 11 is 0. The van der Waals surface area contributed by atoms with Gasteiger partial charge >= 0.3 is 0 Å². The first-order valence-electron chi connectivity index (χ1n) is 6.59. The van der Waals surface area contributed by atoms with E-state index in [0.29, 0.717) is 6.54 Å². The molecule has 0 spiro atoms. The molecule has 0 radical (unpaired) electrons. The number of hydrogen-bond acceptors (Lipinski definition) is 2. The van der Waals surface area contributed by atoms with Gasteiger partial charge in [-0.1, -0.05) is 6.07 Å². The third kappa shape index (κ3) is 2.27. The van der Waals surface area contributed by atoms with Gasteiger partial charge in [-0.3, -0.25) is 4.68 Å². The molecule has 0 fully saturated rings. The standard InChI is InChI=1S/C15H18N4/c1-2-19-11-13(9-17-19)10-18-6-5-14-7-12(8-16)3-4-15(14)18/h3-7,9,11H,2,8,10,16H2,1H3. The molecule has 0 aliphatic rings. The molecule has 3 rings (SSSR count). The molecule has 4 heteroatoms. The largest absolute Gasteiger partial charge is 0.343 e. The zero-order valence-electron chi connectivity index (χ0n) is 11.1. The second-order valence-corrected chi connectivity index (χ2v) is 4.75. The van der Waals surface area contributed by atoms with Crippen LogP contribution < -0.4 is 5.73 Å². The van der Waals surface area contributed by atoms with Crippen LogP contribution in [0.3, 0.4) is 0 Å². The fourth-order valence-corrected chi connectivity index (χ4v) is 2.37. The average molecular weight is 254 g/mol. The van der Waals surface area contributed by atoms with E-state index in [9.17, 15) is 0 Å². The molecular weight excluding hydrogens is 236 g/mol. The molecule has 0 unspecified atom stereocenters. The van der Waals surface area contributed by atoms with Gasteiger partial charge in [0.2, 0.25) is 0 Å². The molecule has 0 aliphatic heterocycles. The summed E-state index contributed by atoms with van der Waals surface area (Å²) in [6, 6.07) is 8.52. The SMILES string of the molecule is CCn1cc(Cn2ccc3cc(CN)ccc32)cn1. The summed E-state index contributed by atoms with van der Waals surface area (Å²) in [4.78, 5) is 0. The first kappa shape index (κ1) is 12.0. The van der Waals surface area contributed by atoms with Crippen LogP contribution in [-0.4, -0.2) is 14.3 Å². The van der Waals surface area contributed by atoms with E-state index in [-0.39, 0.29) is 0 Å². The Balaban J connectivity index is 1.92. The summed E-state index contributed by atoms with van der Waals surface area (Å²) in [6.07, 6.45) is 6.15. The Morgan fingerprint density at radius 1 is 1.21 bits per heavy atom. The predicted molar refractivity (Wildman–Crippen MR) is 76.8 cm³/mol. The highest BCUT2D eigenvalue weighted by Crippen LogP contribution is 2.18. The van der Waals surface area contributed by atoms with Crippen molar-refractivity contribution >= 4 is 10.9 Å². The van der Waals surface area contributed by atoms with Crippen molar-refractivity contribution < 1.29 is 0 Å². The van der Waals surface area contributed by atoms with Gasteiger partial charge in [-0.15, -0.1) is 0 Å². The van der Waals surface area contributed by atoms with Crippen LogP contribution in [0.5, 0.6) is 0 Å². The van der Waals surface area contributed by atoms with Gasteiger partial charge in [0.05, 0.1) is 12.7 Å². The Hall–Kier alpha value is -2.07. The van der Waals surface area contributed by atoms with Gasteiger partial charge in [-0.2, -0.15) is 5.10 Å². The maximum Gasteiger partial charge on any atom is 0.0539 e. The molecule has 2 N–H and O–H groups in total. The van der Waals surface area contributed by atoms with Crippen molar-refractivity contribution in [3.8, 4) is 0 Å². The Labute approximate surface area is 112 Å². The molecule has 98 valence electrons. The van der Waals surface area contributed by atoms with Gasteiger partial charge in [0.1, 0.15) is 0 Å². The van der Waals surface area contributed by atoms with E-state index in [4.69, 9.17) is 5.73 Å². The van der Waals surface area contributed by atoms with E-state index < -0.39 is 0 Å². The molecule has 2 heterocycles. The van der Waals surface area contributed by atoms with Crippen LogP contribution in [0.2, 0.25) is 0 Å². The summed E-state index contributed by atoms with van der Waals surface area (Å²) in [5, 5.41) is 5.55. The van der Waals surface area contributed by atoms with Crippen molar-refractivity contribution in [2.24, 2.45) is 5.73 Å². The van der Waals surface area contributed by atoms with Gasteiger partial charge in [0, 0.05) is 36.6 Å². The van der Waals surface area contributed by atoms with Crippen molar-refractivity contribution in [1.29, 1.82) is 0 Å². The fourth-order valence-electron chi connectivity index (χ4n) is 2.37. The van der Waals surface area contributed by atoms with Crippen molar-refractivity contribution in [2.45, 2.75) is 26.6 Å². The lowest BCUT2D eigenvalue weighted by Crippen LogP contribution is -1.98. The Morgan fingerprint density at radius 2 is 2.11 bits per heavy atom. The van der Waals surface area contributed by atoms with Crippen molar-refractivity contribution in [2.75, 3.05) is 0 Å². The highest BCUT2D eigenvalue weighted by Gasteiger charge is 2.04. The Morgan fingerprint density at radius 3 is 2.84 bits per heavy atom. The molecule has 0 saturated heterocycles. The summed E-state index contributed by atoms with van der Waals surface area (Å²) in [5.41, 5.74) is 9.30. The van der Waals surface area contributed by atoms with Crippen molar-refractivity contribution in [3.63, 3.8) is 0 Å². The van der Waals surface area contributed by atoms with Gasteiger partial charge in [-0.25, -0.2) is 0 Å². The van der Waals surface area contributed by atoms with E-state index in [1.54, 1.807) is 0 Å². The van der Waals surface area contributed by atoms with E-state index in [1.165, 1.54) is 22.0 Å². The van der Waals surface area contributed by atoms with Crippen LogP contribution in [0.4, 0.5) is 0 Å². The van der Waals surface area contributed by atoms with Crippen LogP contribution in [0.15, 0.2) is 42.9 Å². The molecule has 0 atom stereocenters. The first-order valence-corrected chi connectivity index (χ1v) is 6.59. The minimum Gasteiger partial charge on any atom is -0.343 e. The molecule has 0 aliphatic carbocycles. The van der Waals surface area contributed by atoms with E-state index in [1.807, 2.05) is 10.9 Å². The zero-order chi connectivity index (χ0) is 13.2. The topological polar surface area (TPSA) is 48.8 Å². The molecule has 4 nitrogen and oxygen atoms in total. The molecule has 19 heavy (non-hydrogen) atoms. The molecule has 2 aromatic heterocycles. The van der Waals surface area contributed by atoms with E-state index in [2.05, 4.69) is 53.2 Å². The second kappa shape index (κ2) is 4.90. The maximum atomic E-state index is 5.67. The van der Waals surface area contributed by atoms with E-state index in [0.717, 1.165) is 13.1 Å². The lowest BCUT2D eigenvalue weighted by atomic mass is 10.1. The Kier molecular flexibility index (Phi) is 3.09. The smallest absolute Gasteiger partial charge is 0.0539 e. The van der Waals surface area contributed by atoms with Gasteiger partial charge < -0.3 is 10.3 Å².